The molecule has 0 spiro atoms. The molecule has 0 unspecified atom stereocenters. The number of thiophene rings is 1. The lowest BCUT2D eigenvalue weighted by atomic mass is 10.2. The van der Waals surface area contributed by atoms with Gasteiger partial charge in [-0.2, -0.15) is 0 Å². The average Bonchev–Trinajstić information content (AvgIpc) is 2.56. The van der Waals surface area contributed by atoms with Gasteiger partial charge in [0.15, 0.2) is 0 Å². The zero-order chi connectivity index (χ0) is 10.1. The second-order valence-corrected chi connectivity index (χ2v) is 4.34. The third-order valence-electron chi connectivity index (χ3n) is 1.82. The van der Waals surface area contributed by atoms with Crippen LogP contribution in [-0.4, -0.2) is 0 Å². The van der Waals surface area contributed by atoms with Crippen LogP contribution in [0.25, 0.3) is 0 Å². The maximum atomic E-state index is 2.26. The van der Waals surface area contributed by atoms with E-state index in [1.165, 1.54) is 30.6 Å². The first-order valence-corrected chi connectivity index (χ1v) is 6.20. The molecular formula is C12H22S. The summed E-state index contributed by atoms with van der Waals surface area (Å²) in [4.78, 5) is 2.99. The van der Waals surface area contributed by atoms with Crippen LogP contribution in [0, 0.1) is 6.92 Å². The highest BCUT2D eigenvalue weighted by molar-refractivity contribution is 7.11. The van der Waals surface area contributed by atoms with E-state index in [2.05, 4.69) is 26.0 Å². The molecule has 0 aromatic carbocycles. The molecule has 0 saturated carbocycles. The highest BCUT2D eigenvalue weighted by Gasteiger charge is 1.94. The Hall–Kier alpha value is -0.300. The van der Waals surface area contributed by atoms with Gasteiger partial charge in [-0.25, -0.2) is 0 Å². The summed E-state index contributed by atoms with van der Waals surface area (Å²) in [7, 11) is 0. The van der Waals surface area contributed by atoms with Gasteiger partial charge >= 0.3 is 0 Å². The molecule has 1 rings (SSSR count). The SMILES string of the molecule is CC.CCCCCc1ccc(C)s1. The van der Waals surface area contributed by atoms with Crippen molar-refractivity contribution in [1.29, 1.82) is 0 Å². The molecule has 0 N–H and O–H groups in total. The van der Waals surface area contributed by atoms with E-state index >= 15 is 0 Å². The molecule has 0 fully saturated rings. The van der Waals surface area contributed by atoms with E-state index in [9.17, 15) is 0 Å². The first-order chi connectivity index (χ1) is 6.33. The molecule has 1 aromatic rings. The molecule has 1 heterocycles. The van der Waals surface area contributed by atoms with E-state index in [4.69, 9.17) is 0 Å². The summed E-state index contributed by atoms with van der Waals surface area (Å²) in [6.07, 6.45) is 5.34. The van der Waals surface area contributed by atoms with Crippen LogP contribution < -0.4 is 0 Å². The average molecular weight is 198 g/mol. The molecule has 0 aliphatic rings. The van der Waals surface area contributed by atoms with Crippen LogP contribution in [-0.2, 0) is 6.42 Å². The summed E-state index contributed by atoms with van der Waals surface area (Å²) in [5.74, 6) is 0. The zero-order valence-corrected chi connectivity index (χ0v) is 10.2. The lowest BCUT2D eigenvalue weighted by Crippen LogP contribution is -1.78. The van der Waals surface area contributed by atoms with Crippen LogP contribution in [0.15, 0.2) is 12.1 Å². The van der Waals surface area contributed by atoms with E-state index in [-0.39, 0.29) is 0 Å². The molecule has 1 aromatic heterocycles. The number of hydrogen-bond donors (Lipinski definition) is 0. The fourth-order valence-corrected chi connectivity index (χ4v) is 2.10. The third-order valence-corrected chi connectivity index (χ3v) is 2.88. The van der Waals surface area contributed by atoms with Gasteiger partial charge in [0.25, 0.3) is 0 Å². The normalized spacial score (nSPS) is 9.23. The number of aryl methyl sites for hydroxylation is 2. The molecule has 0 amide bonds. The van der Waals surface area contributed by atoms with Crippen molar-refractivity contribution < 1.29 is 0 Å². The number of rotatable bonds is 4. The van der Waals surface area contributed by atoms with E-state index < -0.39 is 0 Å². The number of unbranched alkanes of at least 4 members (excludes halogenated alkanes) is 2. The van der Waals surface area contributed by atoms with Gasteiger partial charge in [-0.05, 0) is 31.9 Å². The van der Waals surface area contributed by atoms with Gasteiger partial charge in [0, 0.05) is 9.75 Å². The van der Waals surface area contributed by atoms with E-state index in [1.807, 2.05) is 25.2 Å². The van der Waals surface area contributed by atoms with Crippen molar-refractivity contribution in [1.82, 2.24) is 0 Å². The lowest BCUT2D eigenvalue weighted by Gasteiger charge is -1.94. The molecule has 0 aliphatic carbocycles. The number of hydrogen-bond acceptors (Lipinski definition) is 1. The third kappa shape index (κ3) is 5.87. The zero-order valence-electron chi connectivity index (χ0n) is 9.39. The minimum atomic E-state index is 1.28. The molecule has 0 nitrogen and oxygen atoms in total. The molecule has 0 aliphatic heterocycles. The van der Waals surface area contributed by atoms with Crippen molar-refractivity contribution in [2.24, 2.45) is 0 Å². The Bertz CT molecular complexity index is 201. The van der Waals surface area contributed by atoms with Gasteiger partial charge in [-0.1, -0.05) is 33.6 Å². The van der Waals surface area contributed by atoms with Crippen molar-refractivity contribution >= 4 is 11.3 Å². The molecule has 76 valence electrons. The minimum absolute atomic E-state index is 1.28. The summed E-state index contributed by atoms with van der Waals surface area (Å²) < 4.78 is 0. The maximum Gasteiger partial charge on any atom is 0.00480 e. The Morgan fingerprint density at radius 1 is 1.15 bits per heavy atom. The quantitative estimate of drug-likeness (QED) is 0.609. The van der Waals surface area contributed by atoms with Gasteiger partial charge in [-0.15, -0.1) is 11.3 Å². The van der Waals surface area contributed by atoms with Crippen LogP contribution in [0.2, 0.25) is 0 Å². The second kappa shape index (κ2) is 8.31. The molecular weight excluding hydrogens is 176 g/mol. The van der Waals surface area contributed by atoms with Crippen LogP contribution in [0.3, 0.4) is 0 Å². The van der Waals surface area contributed by atoms with E-state index in [0.29, 0.717) is 0 Å². The summed E-state index contributed by atoms with van der Waals surface area (Å²) in [5.41, 5.74) is 0. The first kappa shape index (κ1) is 12.7. The minimum Gasteiger partial charge on any atom is -0.146 e. The molecule has 0 atom stereocenters. The van der Waals surface area contributed by atoms with Crippen molar-refractivity contribution in [3.8, 4) is 0 Å². The van der Waals surface area contributed by atoms with Crippen LogP contribution in [0.5, 0.6) is 0 Å². The van der Waals surface area contributed by atoms with Crippen LogP contribution in [0.4, 0.5) is 0 Å². The van der Waals surface area contributed by atoms with Crippen molar-refractivity contribution in [2.75, 3.05) is 0 Å². The largest absolute Gasteiger partial charge is 0.146 e. The monoisotopic (exact) mass is 198 g/mol. The molecule has 0 bridgehead atoms. The van der Waals surface area contributed by atoms with Crippen molar-refractivity contribution in [2.45, 2.75) is 53.4 Å². The summed E-state index contributed by atoms with van der Waals surface area (Å²) in [6, 6.07) is 4.47. The fourth-order valence-electron chi connectivity index (χ4n) is 1.17. The molecule has 13 heavy (non-hydrogen) atoms. The van der Waals surface area contributed by atoms with E-state index in [1.54, 1.807) is 4.88 Å². The second-order valence-electron chi connectivity index (χ2n) is 2.97. The highest BCUT2D eigenvalue weighted by Crippen LogP contribution is 2.17. The van der Waals surface area contributed by atoms with Crippen molar-refractivity contribution in [3.63, 3.8) is 0 Å². The fraction of sp³-hybridized carbons (Fsp3) is 0.667. The van der Waals surface area contributed by atoms with E-state index in [0.717, 1.165) is 0 Å². The van der Waals surface area contributed by atoms with Gasteiger partial charge in [0.2, 0.25) is 0 Å². The lowest BCUT2D eigenvalue weighted by molar-refractivity contribution is 0.722. The summed E-state index contributed by atoms with van der Waals surface area (Å²) in [6.45, 7) is 8.42. The Morgan fingerprint density at radius 2 is 1.85 bits per heavy atom. The topological polar surface area (TPSA) is 0 Å². The summed E-state index contributed by atoms with van der Waals surface area (Å²) in [5, 5.41) is 0. The molecule has 0 radical (unpaired) electrons. The smallest absolute Gasteiger partial charge is 0.00480 e. The standard InChI is InChI=1S/C10H16S.C2H6/c1-3-4-5-6-10-8-7-9(2)11-10;1-2/h7-8H,3-6H2,1-2H3;1-2H3. The predicted octanol–water partition coefficient (Wildman–Crippen LogP) is 4.82. The highest BCUT2D eigenvalue weighted by atomic mass is 32.1. The molecule has 1 heteroatoms. The van der Waals surface area contributed by atoms with Gasteiger partial charge < -0.3 is 0 Å². The summed E-state index contributed by atoms with van der Waals surface area (Å²) >= 11 is 1.94. The van der Waals surface area contributed by atoms with Crippen LogP contribution in [0.1, 0.15) is 49.8 Å². The van der Waals surface area contributed by atoms with Gasteiger partial charge in [-0.3, -0.25) is 0 Å². The van der Waals surface area contributed by atoms with Gasteiger partial charge in [0.05, 0.1) is 0 Å². The van der Waals surface area contributed by atoms with Gasteiger partial charge in [0.1, 0.15) is 0 Å². The Morgan fingerprint density at radius 3 is 2.31 bits per heavy atom. The Labute approximate surface area is 87.0 Å². The van der Waals surface area contributed by atoms with Crippen molar-refractivity contribution in [3.05, 3.63) is 21.9 Å². The maximum absolute atomic E-state index is 2.26. The van der Waals surface area contributed by atoms with Crippen LogP contribution >= 0.6 is 11.3 Å². The Balaban J connectivity index is 0.000000671. The molecule has 0 saturated heterocycles. The predicted molar refractivity (Wildman–Crippen MR) is 63.6 cm³/mol. The Kier molecular flexibility index (Phi) is 8.11. The first-order valence-electron chi connectivity index (χ1n) is 5.38.